The first kappa shape index (κ1) is 18.6. The van der Waals surface area contributed by atoms with Gasteiger partial charge in [0.25, 0.3) is 0 Å². The van der Waals surface area contributed by atoms with Crippen molar-refractivity contribution in [1.82, 2.24) is 14.7 Å². The van der Waals surface area contributed by atoms with Gasteiger partial charge in [-0.1, -0.05) is 29.8 Å². The van der Waals surface area contributed by atoms with E-state index in [-0.39, 0.29) is 28.0 Å². The van der Waals surface area contributed by atoms with E-state index in [1.165, 1.54) is 18.3 Å². The summed E-state index contributed by atoms with van der Waals surface area (Å²) in [6, 6.07) is 7.11. The standard InChI is InChI=1S/C15H19ClN4O3S/c1-15(2,21)8-11(12-9-18-14(17)13(16)19-12)20-24(22,23)10-6-4-3-5-7-10/h3-7,9,11,20-21H,8H2,1-2H3,(H2,17,18). The van der Waals surface area contributed by atoms with Gasteiger partial charge in [-0.05, 0) is 32.4 Å². The van der Waals surface area contributed by atoms with Crippen molar-refractivity contribution in [2.75, 3.05) is 5.73 Å². The highest BCUT2D eigenvalue weighted by Crippen LogP contribution is 2.26. The first-order valence-corrected chi connectivity index (χ1v) is 9.02. The number of hydrogen-bond donors (Lipinski definition) is 3. The zero-order valence-electron chi connectivity index (χ0n) is 13.3. The molecule has 2 rings (SSSR count). The van der Waals surface area contributed by atoms with Crippen LogP contribution in [0.15, 0.2) is 41.4 Å². The normalized spacial score (nSPS) is 13.7. The van der Waals surface area contributed by atoms with Crippen molar-refractivity contribution in [3.8, 4) is 0 Å². The summed E-state index contributed by atoms with van der Waals surface area (Å²) in [6.45, 7) is 3.15. The highest BCUT2D eigenvalue weighted by Gasteiger charge is 2.28. The van der Waals surface area contributed by atoms with E-state index in [1.807, 2.05) is 0 Å². The van der Waals surface area contributed by atoms with E-state index >= 15 is 0 Å². The Kier molecular flexibility index (Phi) is 5.44. The van der Waals surface area contributed by atoms with E-state index in [0.717, 1.165) is 0 Å². The second-order valence-corrected chi connectivity index (χ2v) is 8.05. The Labute approximate surface area is 146 Å². The molecule has 0 aliphatic rings. The first-order valence-electron chi connectivity index (χ1n) is 7.16. The summed E-state index contributed by atoms with van der Waals surface area (Å²) in [5, 5.41) is 10.1. The molecular formula is C15H19ClN4O3S. The molecule has 0 saturated heterocycles. The third kappa shape index (κ3) is 4.88. The molecule has 2 aromatic rings. The Hall–Kier alpha value is -1.74. The van der Waals surface area contributed by atoms with E-state index < -0.39 is 21.7 Å². The third-order valence-corrected chi connectivity index (χ3v) is 4.95. The van der Waals surface area contributed by atoms with Crippen LogP contribution in [0, 0.1) is 0 Å². The maximum atomic E-state index is 12.6. The van der Waals surface area contributed by atoms with Gasteiger partial charge in [-0.25, -0.2) is 23.1 Å². The van der Waals surface area contributed by atoms with Gasteiger partial charge in [0.1, 0.15) is 0 Å². The maximum absolute atomic E-state index is 12.6. The fraction of sp³-hybridized carbons (Fsp3) is 0.333. The second kappa shape index (κ2) is 7.02. The molecule has 0 saturated carbocycles. The fourth-order valence-corrected chi connectivity index (χ4v) is 3.49. The van der Waals surface area contributed by atoms with Gasteiger partial charge < -0.3 is 10.8 Å². The first-order chi connectivity index (χ1) is 11.1. The summed E-state index contributed by atoms with van der Waals surface area (Å²) in [4.78, 5) is 8.09. The molecule has 1 atom stereocenters. The summed E-state index contributed by atoms with van der Waals surface area (Å²) >= 11 is 5.88. The number of rotatable bonds is 6. The molecule has 7 nitrogen and oxygen atoms in total. The zero-order valence-corrected chi connectivity index (χ0v) is 14.8. The van der Waals surface area contributed by atoms with Crippen molar-refractivity contribution in [1.29, 1.82) is 0 Å². The van der Waals surface area contributed by atoms with Crippen molar-refractivity contribution in [2.24, 2.45) is 0 Å². The van der Waals surface area contributed by atoms with Crippen molar-refractivity contribution in [2.45, 2.75) is 36.8 Å². The Morgan fingerprint density at radius 2 is 1.96 bits per heavy atom. The highest BCUT2D eigenvalue weighted by molar-refractivity contribution is 7.89. The molecule has 130 valence electrons. The second-order valence-electron chi connectivity index (χ2n) is 5.97. The lowest BCUT2D eigenvalue weighted by Gasteiger charge is -2.25. The Morgan fingerprint density at radius 3 is 2.50 bits per heavy atom. The van der Waals surface area contributed by atoms with E-state index in [9.17, 15) is 13.5 Å². The number of anilines is 1. The number of nitrogen functional groups attached to an aromatic ring is 1. The van der Waals surface area contributed by atoms with E-state index in [4.69, 9.17) is 17.3 Å². The molecule has 0 aliphatic carbocycles. The molecule has 9 heteroatoms. The van der Waals surface area contributed by atoms with Gasteiger partial charge in [0.2, 0.25) is 10.0 Å². The van der Waals surface area contributed by atoms with Gasteiger partial charge in [-0.15, -0.1) is 0 Å². The molecule has 1 aromatic heterocycles. The lowest BCUT2D eigenvalue weighted by Crippen LogP contribution is -2.35. The van der Waals surface area contributed by atoms with Crippen molar-refractivity contribution in [3.05, 3.63) is 47.4 Å². The molecule has 0 amide bonds. The van der Waals surface area contributed by atoms with Gasteiger partial charge in [-0.2, -0.15) is 0 Å². The molecule has 0 radical (unpaired) electrons. The topological polar surface area (TPSA) is 118 Å². The summed E-state index contributed by atoms with van der Waals surface area (Å²) < 4.78 is 27.6. The van der Waals surface area contributed by atoms with Crippen LogP contribution in [-0.4, -0.2) is 29.1 Å². The monoisotopic (exact) mass is 370 g/mol. The minimum atomic E-state index is -3.81. The Morgan fingerprint density at radius 1 is 1.33 bits per heavy atom. The van der Waals surface area contributed by atoms with Crippen LogP contribution in [0.1, 0.15) is 32.0 Å². The number of aromatic nitrogens is 2. The minimum Gasteiger partial charge on any atom is -0.390 e. The molecule has 1 aromatic carbocycles. The number of benzene rings is 1. The lowest BCUT2D eigenvalue weighted by atomic mass is 9.98. The molecule has 4 N–H and O–H groups in total. The smallest absolute Gasteiger partial charge is 0.241 e. The average Bonchev–Trinajstić information content (AvgIpc) is 2.48. The molecule has 0 spiro atoms. The van der Waals surface area contributed by atoms with Gasteiger partial charge in [0.15, 0.2) is 11.0 Å². The van der Waals surface area contributed by atoms with Gasteiger partial charge in [-0.3, -0.25) is 0 Å². The molecular weight excluding hydrogens is 352 g/mol. The number of aliphatic hydroxyl groups is 1. The molecule has 1 unspecified atom stereocenters. The van der Waals surface area contributed by atoms with Crippen LogP contribution in [0.2, 0.25) is 5.15 Å². The number of sulfonamides is 1. The minimum absolute atomic E-state index is 0.0212. The zero-order chi connectivity index (χ0) is 18.0. The predicted molar refractivity (Wildman–Crippen MR) is 91.9 cm³/mol. The number of nitrogens with two attached hydrogens (primary N) is 1. The summed E-state index contributed by atoms with van der Waals surface area (Å²) in [5.74, 6) is 0.0494. The van der Waals surface area contributed by atoms with E-state index in [2.05, 4.69) is 14.7 Å². The van der Waals surface area contributed by atoms with Crippen molar-refractivity contribution < 1.29 is 13.5 Å². The fourth-order valence-electron chi connectivity index (χ4n) is 2.12. The SMILES string of the molecule is CC(C)(O)CC(NS(=O)(=O)c1ccccc1)c1cnc(N)c(Cl)n1. The van der Waals surface area contributed by atoms with Gasteiger partial charge >= 0.3 is 0 Å². The van der Waals surface area contributed by atoms with Crippen molar-refractivity contribution in [3.63, 3.8) is 0 Å². The van der Waals surface area contributed by atoms with Crippen LogP contribution in [0.25, 0.3) is 0 Å². The summed E-state index contributed by atoms with van der Waals surface area (Å²) in [5.41, 5.74) is 4.68. The summed E-state index contributed by atoms with van der Waals surface area (Å²) in [7, 11) is -3.81. The average molecular weight is 371 g/mol. The van der Waals surface area contributed by atoms with Crippen LogP contribution < -0.4 is 10.5 Å². The molecule has 0 bridgehead atoms. The van der Waals surface area contributed by atoms with Crippen LogP contribution in [-0.2, 0) is 10.0 Å². The molecule has 0 aliphatic heterocycles. The number of halogens is 1. The van der Waals surface area contributed by atoms with Gasteiger partial charge in [0.05, 0.1) is 28.4 Å². The molecule has 1 heterocycles. The number of nitrogens with zero attached hydrogens (tertiary/aromatic N) is 2. The van der Waals surface area contributed by atoms with Crippen LogP contribution in [0.3, 0.4) is 0 Å². The summed E-state index contributed by atoms with van der Waals surface area (Å²) in [6.07, 6.45) is 1.42. The molecule has 24 heavy (non-hydrogen) atoms. The molecule has 0 fully saturated rings. The number of hydrogen-bond acceptors (Lipinski definition) is 6. The highest BCUT2D eigenvalue weighted by atomic mass is 35.5. The van der Waals surface area contributed by atoms with E-state index in [1.54, 1.807) is 32.0 Å². The lowest BCUT2D eigenvalue weighted by molar-refractivity contribution is 0.0612. The largest absolute Gasteiger partial charge is 0.390 e. The third-order valence-electron chi connectivity index (χ3n) is 3.19. The van der Waals surface area contributed by atoms with Crippen LogP contribution in [0.5, 0.6) is 0 Å². The van der Waals surface area contributed by atoms with Crippen LogP contribution >= 0.6 is 11.6 Å². The Balaban J connectivity index is 2.38. The van der Waals surface area contributed by atoms with Crippen molar-refractivity contribution >= 4 is 27.4 Å². The van der Waals surface area contributed by atoms with Crippen LogP contribution in [0.4, 0.5) is 5.82 Å². The quantitative estimate of drug-likeness (QED) is 0.714. The maximum Gasteiger partial charge on any atom is 0.241 e. The van der Waals surface area contributed by atoms with E-state index in [0.29, 0.717) is 0 Å². The van der Waals surface area contributed by atoms with Gasteiger partial charge in [0, 0.05) is 0 Å². The predicted octanol–water partition coefficient (Wildman–Crippen LogP) is 1.89. The Bertz CT molecular complexity index is 807. The number of nitrogens with one attached hydrogen (secondary N) is 1.